The van der Waals surface area contributed by atoms with E-state index in [1.54, 1.807) is 0 Å². The lowest BCUT2D eigenvalue weighted by Crippen LogP contribution is -2.26. The summed E-state index contributed by atoms with van der Waals surface area (Å²) in [5.41, 5.74) is 26.5. The molecule has 2 aliphatic rings. The molecule has 0 saturated carbocycles. The third kappa shape index (κ3) is 6.78. The second-order valence-corrected chi connectivity index (χ2v) is 21.6. The van der Waals surface area contributed by atoms with Gasteiger partial charge in [-0.2, -0.15) is 0 Å². The van der Waals surface area contributed by atoms with Crippen molar-refractivity contribution in [1.82, 2.24) is 19.1 Å². The molecule has 1 spiro atoms. The summed E-state index contributed by atoms with van der Waals surface area (Å²) in [5.74, 6) is 0.684. The van der Waals surface area contributed by atoms with Crippen LogP contribution in [0.1, 0.15) is 22.3 Å². The van der Waals surface area contributed by atoms with Crippen LogP contribution in [-0.4, -0.2) is 19.1 Å². The quantitative estimate of drug-likeness (QED) is 0.159. The molecule has 0 radical (unpaired) electrons. The van der Waals surface area contributed by atoms with Gasteiger partial charge in [-0.1, -0.05) is 218 Å². The first-order valence-electron chi connectivity index (χ1n) is 27.9. The SMILES string of the molecule is c1ccc(-c2ccc3c(c2)c2cc(-c4ccc5c(c4)c4ccccc4n5-c4cccc(-c5nc(-c6ccccc6)cc(-c6ccccc6)n5)c4)ccc2n3-c2ccc3c(c2)C2(c4ccccc4-c4ccccc42)c2ccccc2-3)cc1. The molecule has 4 nitrogen and oxygen atoms in total. The van der Waals surface area contributed by atoms with E-state index in [9.17, 15) is 0 Å². The van der Waals surface area contributed by atoms with E-state index in [4.69, 9.17) is 9.97 Å². The Labute approximate surface area is 468 Å². The van der Waals surface area contributed by atoms with Gasteiger partial charge in [-0.05, 0) is 140 Å². The van der Waals surface area contributed by atoms with Crippen LogP contribution >= 0.6 is 0 Å². The van der Waals surface area contributed by atoms with E-state index >= 15 is 0 Å². The summed E-state index contributed by atoms with van der Waals surface area (Å²) in [6.07, 6.45) is 0. The lowest BCUT2D eigenvalue weighted by molar-refractivity contribution is 0.792. The minimum atomic E-state index is -0.443. The second-order valence-electron chi connectivity index (χ2n) is 21.6. The summed E-state index contributed by atoms with van der Waals surface area (Å²) in [4.78, 5) is 10.4. The Morgan fingerprint density at radius 2 is 0.642 bits per heavy atom. The fraction of sp³-hybridized carbons (Fsp3) is 0.0130. The second kappa shape index (κ2) is 17.7. The predicted molar refractivity (Wildman–Crippen MR) is 334 cm³/mol. The van der Waals surface area contributed by atoms with E-state index in [1.807, 2.05) is 12.1 Å². The first-order valence-corrected chi connectivity index (χ1v) is 27.9. The molecule has 17 rings (SSSR count). The maximum Gasteiger partial charge on any atom is 0.160 e. The van der Waals surface area contributed by atoms with E-state index < -0.39 is 5.41 Å². The number of para-hydroxylation sites is 1. The number of hydrogen-bond acceptors (Lipinski definition) is 2. The summed E-state index contributed by atoms with van der Waals surface area (Å²) in [6, 6.07) is 107. The van der Waals surface area contributed by atoms with Gasteiger partial charge in [-0.25, -0.2) is 9.97 Å². The summed E-state index contributed by atoms with van der Waals surface area (Å²) in [6.45, 7) is 0. The zero-order valence-electron chi connectivity index (χ0n) is 44.0. The van der Waals surface area contributed by atoms with Crippen molar-refractivity contribution < 1.29 is 0 Å². The van der Waals surface area contributed by atoms with Gasteiger partial charge < -0.3 is 9.13 Å². The zero-order valence-corrected chi connectivity index (χ0v) is 44.0. The third-order valence-corrected chi connectivity index (χ3v) is 17.3. The first kappa shape index (κ1) is 45.3. The van der Waals surface area contributed by atoms with Crippen LogP contribution in [0.5, 0.6) is 0 Å². The van der Waals surface area contributed by atoms with Crippen LogP contribution in [0, 0.1) is 0 Å². The Hall–Kier alpha value is -10.7. The molecule has 2 aliphatic carbocycles. The highest BCUT2D eigenvalue weighted by molar-refractivity contribution is 6.13. The van der Waals surface area contributed by atoms with Crippen LogP contribution in [0.25, 0.3) is 133 Å². The third-order valence-electron chi connectivity index (χ3n) is 17.3. The molecule has 0 saturated heterocycles. The van der Waals surface area contributed by atoms with Gasteiger partial charge in [0, 0.05) is 49.6 Å². The predicted octanol–water partition coefficient (Wildman–Crippen LogP) is 19.3. The topological polar surface area (TPSA) is 35.6 Å². The van der Waals surface area contributed by atoms with Crippen LogP contribution in [0.15, 0.2) is 291 Å². The van der Waals surface area contributed by atoms with E-state index in [2.05, 4.69) is 288 Å². The molecular formula is C77H48N4. The molecule has 0 fully saturated rings. The Morgan fingerprint density at radius 3 is 1.19 bits per heavy atom. The van der Waals surface area contributed by atoms with Crippen molar-refractivity contribution >= 4 is 43.6 Å². The van der Waals surface area contributed by atoms with E-state index in [1.165, 1.54) is 93.8 Å². The van der Waals surface area contributed by atoms with Gasteiger partial charge >= 0.3 is 0 Å². The number of benzene rings is 12. The molecule has 12 aromatic carbocycles. The van der Waals surface area contributed by atoms with Crippen LogP contribution in [0.4, 0.5) is 0 Å². The van der Waals surface area contributed by atoms with Gasteiger partial charge in [0.1, 0.15) is 0 Å². The Kier molecular flexibility index (Phi) is 9.89. The Bertz CT molecular complexity index is 4930. The molecule has 0 aliphatic heterocycles. The summed E-state index contributed by atoms with van der Waals surface area (Å²) in [5, 5.41) is 4.82. The molecule has 0 unspecified atom stereocenters. The van der Waals surface area contributed by atoms with Gasteiger partial charge in [-0.3, -0.25) is 0 Å². The van der Waals surface area contributed by atoms with Gasteiger partial charge in [0.15, 0.2) is 5.82 Å². The molecule has 81 heavy (non-hydrogen) atoms. The Balaban J connectivity index is 0.821. The monoisotopic (exact) mass is 1030 g/mol. The first-order chi connectivity index (χ1) is 40.2. The van der Waals surface area contributed by atoms with E-state index in [0.717, 1.165) is 56.0 Å². The molecular weight excluding hydrogens is 981 g/mol. The Morgan fingerprint density at radius 1 is 0.235 bits per heavy atom. The summed E-state index contributed by atoms with van der Waals surface area (Å²) < 4.78 is 4.89. The minimum absolute atomic E-state index is 0.443. The molecule has 0 atom stereocenters. The summed E-state index contributed by atoms with van der Waals surface area (Å²) in [7, 11) is 0. The average molecular weight is 1030 g/mol. The number of nitrogens with zero attached hydrogens (tertiary/aromatic N) is 4. The van der Waals surface area contributed by atoms with Crippen LogP contribution in [0.3, 0.4) is 0 Å². The van der Waals surface area contributed by atoms with Gasteiger partial charge in [0.05, 0.1) is 38.9 Å². The highest BCUT2D eigenvalue weighted by Gasteiger charge is 2.51. The maximum atomic E-state index is 5.20. The van der Waals surface area contributed by atoms with Crippen molar-refractivity contribution in [1.29, 1.82) is 0 Å². The number of aromatic nitrogens is 4. The molecule has 0 bridgehead atoms. The number of hydrogen-bond donors (Lipinski definition) is 0. The molecule has 0 amide bonds. The van der Waals surface area contributed by atoms with Crippen molar-refractivity contribution in [3.8, 4) is 89.8 Å². The van der Waals surface area contributed by atoms with Crippen molar-refractivity contribution in [2.75, 3.05) is 0 Å². The van der Waals surface area contributed by atoms with E-state index in [0.29, 0.717) is 5.82 Å². The number of fused-ring (bicyclic) bond motifs is 16. The molecule has 4 heteroatoms. The highest BCUT2D eigenvalue weighted by Crippen LogP contribution is 2.63. The zero-order chi connectivity index (χ0) is 53.2. The summed E-state index contributed by atoms with van der Waals surface area (Å²) >= 11 is 0. The van der Waals surface area contributed by atoms with Crippen LogP contribution < -0.4 is 0 Å². The molecule has 3 heterocycles. The lowest BCUT2D eigenvalue weighted by Gasteiger charge is -2.30. The van der Waals surface area contributed by atoms with Crippen molar-refractivity contribution in [2.45, 2.75) is 5.41 Å². The largest absolute Gasteiger partial charge is 0.309 e. The lowest BCUT2D eigenvalue weighted by atomic mass is 9.70. The maximum absolute atomic E-state index is 5.20. The molecule has 0 N–H and O–H groups in total. The smallest absolute Gasteiger partial charge is 0.160 e. The fourth-order valence-corrected chi connectivity index (χ4v) is 13.8. The molecule has 15 aromatic rings. The van der Waals surface area contributed by atoms with Gasteiger partial charge in [0.25, 0.3) is 0 Å². The molecule has 376 valence electrons. The fourth-order valence-electron chi connectivity index (χ4n) is 13.8. The van der Waals surface area contributed by atoms with Crippen molar-refractivity contribution in [3.63, 3.8) is 0 Å². The van der Waals surface area contributed by atoms with E-state index in [-0.39, 0.29) is 0 Å². The highest BCUT2D eigenvalue weighted by atomic mass is 15.0. The standard InChI is InChI=1S/C77H48N4/c1-4-19-49(20-5-1)52-35-40-74-64(44-52)65-46-54(37-42-75(65)81(74)57-38-39-61-60-29-12-16-33-68(60)77(69(61)47-57)66-31-14-10-27-58(66)59-28-11-15-32-67(59)77)53-36-41-73-63(45-53)62-30-13-17-34-72(62)80(73)56-26-18-25-55(43-56)76-78-70(50-21-6-2-7-22-50)48-71(79-76)51-23-8-3-9-24-51/h1-48H. The normalized spacial score (nSPS) is 12.8. The minimum Gasteiger partial charge on any atom is -0.309 e. The van der Waals surface area contributed by atoms with Crippen molar-refractivity contribution in [2.24, 2.45) is 0 Å². The average Bonchev–Trinajstić information content (AvgIpc) is 2.78. The van der Waals surface area contributed by atoms with Crippen molar-refractivity contribution in [3.05, 3.63) is 313 Å². The van der Waals surface area contributed by atoms with Gasteiger partial charge in [-0.15, -0.1) is 0 Å². The van der Waals surface area contributed by atoms with Gasteiger partial charge in [0.2, 0.25) is 0 Å². The van der Waals surface area contributed by atoms with Crippen LogP contribution in [0.2, 0.25) is 0 Å². The number of rotatable bonds is 7. The van der Waals surface area contributed by atoms with Crippen LogP contribution in [-0.2, 0) is 5.41 Å². The molecule has 3 aromatic heterocycles.